The molecule has 0 aliphatic heterocycles. The molecule has 1 aromatic heterocycles. The minimum absolute atomic E-state index is 0.00183. The van der Waals surface area contributed by atoms with Crippen LogP contribution in [0.15, 0.2) is 42.6 Å². The fourth-order valence-corrected chi connectivity index (χ4v) is 2.65. The molecule has 0 saturated carbocycles. The van der Waals surface area contributed by atoms with E-state index >= 15 is 0 Å². The first-order chi connectivity index (χ1) is 12.5. The van der Waals surface area contributed by atoms with Gasteiger partial charge < -0.3 is 14.5 Å². The molecule has 3 aromatic rings. The van der Waals surface area contributed by atoms with Crippen LogP contribution in [0.5, 0.6) is 11.5 Å². The van der Waals surface area contributed by atoms with Crippen LogP contribution in [0.1, 0.15) is 5.56 Å². The van der Waals surface area contributed by atoms with E-state index in [4.69, 9.17) is 9.47 Å². The van der Waals surface area contributed by atoms with Gasteiger partial charge in [-0.05, 0) is 29.8 Å². The van der Waals surface area contributed by atoms with Crippen molar-refractivity contribution in [1.82, 2.24) is 4.98 Å². The van der Waals surface area contributed by atoms with E-state index in [9.17, 15) is 20.2 Å². The standard InChI is InChI=1S/C17H15N3O6/c1-25-13-3-4-15-14(9-13)11(10-18-15)6-7-26-17-5-2-12(19(21)22)8-16(17)20(23)24/h2-5,8-10,18H,6-7H2,1H3. The number of ether oxygens (including phenoxy) is 2. The Labute approximate surface area is 147 Å². The summed E-state index contributed by atoms with van der Waals surface area (Å²) in [5, 5.41) is 22.9. The van der Waals surface area contributed by atoms with E-state index in [1.54, 1.807) is 7.11 Å². The zero-order valence-corrected chi connectivity index (χ0v) is 13.8. The minimum Gasteiger partial charge on any atom is -0.497 e. The topological polar surface area (TPSA) is 121 Å². The quantitative estimate of drug-likeness (QED) is 0.509. The molecule has 0 aliphatic rings. The Morgan fingerprint density at radius 1 is 1.08 bits per heavy atom. The van der Waals surface area contributed by atoms with Gasteiger partial charge in [-0.25, -0.2) is 0 Å². The number of aromatic nitrogens is 1. The number of hydrogen-bond donors (Lipinski definition) is 1. The Morgan fingerprint density at radius 2 is 1.88 bits per heavy atom. The van der Waals surface area contributed by atoms with Crippen LogP contribution in [-0.4, -0.2) is 28.5 Å². The number of nitro groups is 2. The van der Waals surface area contributed by atoms with E-state index in [1.807, 2.05) is 24.4 Å². The Kier molecular flexibility index (Phi) is 4.70. The van der Waals surface area contributed by atoms with Crippen molar-refractivity contribution in [1.29, 1.82) is 0 Å². The molecule has 3 rings (SSSR count). The molecule has 134 valence electrons. The van der Waals surface area contributed by atoms with E-state index in [1.165, 1.54) is 12.1 Å². The van der Waals surface area contributed by atoms with E-state index in [-0.39, 0.29) is 18.0 Å². The molecular formula is C17H15N3O6. The first-order valence-corrected chi connectivity index (χ1v) is 7.69. The molecule has 0 fully saturated rings. The predicted molar refractivity (Wildman–Crippen MR) is 93.8 cm³/mol. The summed E-state index contributed by atoms with van der Waals surface area (Å²) in [4.78, 5) is 23.6. The molecule has 26 heavy (non-hydrogen) atoms. The van der Waals surface area contributed by atoms with Crippen LogP contribution in [-0.2, 0) is 6.42 Å². The molecule has 0 saturated heterocycles. The molecule has 9 nitrogen and oxygen atoms in total. The highest BCUT2D eigenvalue weighted by Gasteiger charge is 2.20. The fraction of sp³-hybridized carbons (Fsp3) is 0.176. The van der Waals surface area contributed by atoms with Crippen molar-refractivity contribution >= 4 is 22.3 Å². The Balaban J connectivity index is 1.76. The van der Waals surface area contributed by atoms with Gasteiger partial charge in [0.15, 0.2) is 5.75 Å². The maximum atomic E-state index is 11.1. The smallest absolute Gasteiger partial charge is 0.317 e. The molecule has 0 amide bonds. The lowest BCUT2D eigenvalue weighted by atomic mass is 10.1. The molecule has 0 atom stereocenters. The van der Waals surface area contributed by atoms with Gasteiger partial charge in [0.05, 0.1) is 29.6 Å². The number of aromatic amines is 1. The summed E-state index contributed by atoms with van der Waals surface area (Å²) in [6.45, 7) is 0.183. The lowest BCUT2D eigenvalue weighted by molar-refractivity contribution is -0.394. The van der Waals surface area contributed by atoms with Crippen molar-refractivity contribution in [2.75, 3.05) is 13.7 Å². The normalized spacial score (nSPS) is 10.7. The number of nitrogens with zero attached hydrogens (tertiary/aromatic N) is 2. The van der Waals surface area contributed by atoms with Crippen LogP contribution in [0.4, 0.5) is 11.4 Å². The summed E-state index contributed by atoms with van der Waals surface area (Å²) >= 11 is 0. The molecule has 0 aliphatic carbocycles. The zero-order chi connectivity index (χ0) is 18.7. The van der Waals surface area contributed by atoms with Crippen LogP contribution < -0.4 is 9.47 Å². The van der Waals surface area contributed by atoms with Gasteiger partial charge in [0.2, 0.25) is 0 Å². The van der Waals surface area contributed by atoms with Gasteiger partial charge in [-0.2, -0.15) is 0 Å². The highest BCUT2D eigenvalue weighted by molar-refractivity contribution is 5.84. The largest absolute Gasteiger partial charge is 0.497 e. The number of fused-ring (bicyclic) bond motifs is 1. The summed E-state index contributed by atoms with van der Waals surface area (Å²) in [7, 11) is 1.59. The molecule has 1 heterocycles. The van der Waals surface area contributed by atoms with Crippen molar-refractivity contribution in [3.63, 3.8) is 0 Å². The summed E-state index contributed by atoms with van der Waals surface area (Å²) < 4.78 is 10.7. The second kappa shape index (κ2) is 7.09. The second-order valence-electron chi connectivity index (χ2n) is 5.49. The number of hydrogen-bond acceptors (Lipinski definition) is 6. The number of benzene rings is 2. The van der Waals surface area contributed by atoms with Crippen molar-refractivity contribution in [2.24, 2.45) is 0 Å². The zero-order valence-electron chi connectivity index (χ0n) is 13.8. The summed E-state index contributed by atoms with van der Waals surface area (Å²) in [6.07, 6.45) is 2.35. The van der Waals surface area contributed by atoms with Gasteiger partial charge in [0, 0.05) is 29.6 Å². The summed E-state index contributed by atoms with van der Waals surface area (Å²) in [5.41, 5.74) is 1.14. The van der Waals surface area contributed by atoms with Gasteiger partial charge in [0.1, 0.15) is 5.75 Å². The van der Waals surface area contributed by atoms with E-state index in [0.29, 0.717) is 6.42 Å². The highest BCUT2D eigenvalue weighted by atomic mass is 16.6. The van der Waals surface area contributed by atoms with Crippen LogP contribution in [0.3, 0.4) is 0 Å². The van der Waals surface area contributed by atoms with Crippen LogP contribution in [0, 0.1) is 20.2 Å². The van der Waals surface area contributed by atoms with Gasteiger partial charge >= 0.3 is 5.69 Å². The van der Waals surface area contributed by atoms with Crippen molar-refractivity contribution in [3.8, 4) is 11.5 Å². The van der Waals surface area contributed by atoms with Crippen molar-refractivity contribution in [2.45, 2.75) is 6.42 Å². The third kappa shape index (κ3) is 3.41. The number of methoxy groups -OCH3 is 1. The summed E-state index contributed by atoms with van der Waals surface area (Å²) in [5.74, 6) is 0.725. The van der Waals surface area contributed by atoms with Crippen molar-refractivity contribution < 1.29 is 19.3 Å². The van der Waals surface area contributed by atoms with Crippen LogP contribution >= 0.6 is 0 Å². The van der Waals surface area contributed by atoms with E-state index in [2.05, 4.69) is 4.98 Å². The minimum atomic E-state index is -0.696. The molecular weight excluding hydrogens is 342 g/mol. The van der Waals surface area contributed by atoms with Crippen LogP contribution in [0.2, 0.25) is 0 Å². The predicted octanol–water partition coefficient (Wildman–Crippen LogP) is 3.61. The number of rotatable bonds is 7. The Hall–Kier alpha value is -3.62. The van der Waals surface area contributed by atoms with E-state index in [0.717, 1.165) is 28.3 Å². The first-order valence-electron chi connectivity index (χ1n) is 7.69. The number of H-pyrrole nitrogens is 1. The maximum absolute atomic E-state index is 11.1. The van der Waals surface area contributed by atoms with Gasteiger partial charge in [-0.3, -0.25) is 20.2 Å². The third-order valence-electron chi connectivity index (χ3n) is 3.95. The molecule has 0 radical (unpaired) electrons. The molecule has 0 unspecified atom stereocenters. The molecule has 1 N–H and O–H groups in total. The summed E-state index contributed by atoms with van der Waals surface area (Å²) in [6, 6.07) is 8.97. The highest BCUT2D eigenvalue weighted by Crippen LogP contribution is 2.31. The molecule has 0 bridgehead atoms. The maximum Gasteiger partial charge on any atom is 0.317 e. The lowest BCUT2D eigenvalue weighted by Gasteiger charge is -2.07. The Morgan fingerprint density at radius 3 is 2.58 bits per heavy atom. The van der Waals surface area contributed by atoms with Gasteiger partial charge in [0.25, 0.3) is 5.69 Å². The SMILES string of the molecule is COc1ccc2[nH]cc(CCOc3ccc([N+](=O)[O-])cc3[N+](=O)[O-])c2c1. The average Bonchev–Trinajstić information content (AvgIpc) is 3.03. The van der Waals surface area contributed by atoms with Gasteiger partial charge in [-0.1, -0.05) is 0 Å². The monoisotopic (exact) mass is 357 g/mol. The molecule has 0 spiro atoms. The first kappa shape index (κ1) is 17.2. The number of nitro benzene ring substituents is 2. The Bertz CT molecular complexity index is 982. The van der Waals surface area contributed by atoms with Crippen LogP contribution in [0.25, 0.3) is 10.9 Å². The number of nitrogens with one attached hydrogen (secondary N) is 1. The fourth-order valence-electron chi connectivity index (χ4n) is 2.65. The van der Waals surface area contributed by atoms with E-state index < -0.39 is 15.5 Å². The van der Waals surface area contributed by atoms with Gasteiger partial charge in [-0.15, -0.1) is 0 Å². The van der Waals surface area contributed by atoms with Crippen molar-refractivity contribution in [3.05, 3.63) is 68.4 Å². The lowest BCUT2D eigenvalue weighted by Crippen LogP contribution is -2.04. The third-order valence-corrected chi connectivity index (χ3v) is 3.95. The average molecular weight is 357 g/mol. The second-order valence-corrected chi connectivity index (χ2v) is 5.49. The molecule has 2 aromatic carbocycles. The number of non-ortho nitro benzene ring substituents is 1. The molecule has 9 heteroatoms.